The van der Waals surface area contributed by atoms with Gasteiger partial charge in [-0.15, -0.1) is 11.3 Å². The van der Waals surface area contributed by atoms with Crippen LogP contribution in [0.5, 0.6) is 0 Å². The highest BCUT2D eigenvalue weighted by Gasteiger charge is 2.19. The molecule has 0 spiro atoms. The van der Waals surface area contributed by atoms with E-state index in [1.165, 1.54) is 7.11 Å². The van der Waals surface area contributed by atoms with Crippen LogP contribution >= 0.6 is 11.3 Å². The normalized spacial score (nSPS) is 15.0. The number of ether oxygens (including phenoxy) is 1. The lowest BCUT2D eigenvalue weighted by Crippen LogP contribution is -2.26. The summed E-state index contributed by atoms with van der Waals surface area (Å²) in [6, 6.07) is 0. The summed E-state index contributed by atoms with van der Waals surface area (Å²) >= 11 is 1.59. The number of hydrogen-bond donors (Lipinski definition) is 0. The number of carbonyl (C=O) groups excluding carboxylic acids is 2. The van der Waals surface area contributed by atoms with Crippen LogP contribution in [0.1, 0.15) is 30.0 Å². The van der Waals surface area contributed by atoms with Crippen LogP contribution in [0.25, 0.3) is 0 Å². The Kier molecular flexibility index (Phi) is 4.90. The molecule has 1 aliphatic rings. The van der Waals surface area contributed by atoms with Crippen molar-refractivity contribution in [3.63, 3.8) is 0 Å². The van der Waals surface area contributed by atoms with E-state index in [2.05, 4.69) is 9.72 Å². The maximum absolute atomic E-state index is 11.5. The summed E-state index contributed by atoms with van der Waals surface area (Å²) in [7, 11) is 1.39. The molecule has 5 nitrogen and oxygen atoms in total. The van der Waals surface area contributed by atoms with Crippen LogP contribution in [-0.4, -0.2) is 42.0 Å². The highest BCUT2D eigenvalue weighted by molar-refractivity contribution is 7.09. The fourth-order valence-electron chi connectivity index (χ4n) is 2.08. The molecule has 2 heterocycles. The average molecular weight is 282 g/mol. The molecule has 0 unspecified atom stereocenters. The Hall–Kier alpha value is -1.43. The van der Waals surface area contributed by atoms with E-state index in [0.29, 0.717) is 19.3 Å². The van der Waals surface area contributed by atoms with Crippen molar-refractivity contribution in [2.45, 2.75) is 32.1 Å². The summed E-state index contributed by atoms with van der Waals surface area (Å²) in [5, 5.41) is 3.00. The van der Waals surface area contributed by atoms with E-state index < -0.39 is 0 Å². The Labute approximate surface area is 116 Å². The number of esters is 1. The SMILES string of the molecule is COC(=O)CCc1csc(CCN2CCCC2=O)n1. The van der Waals surface area contributed by atoms with Gasteiger partial charge in [-0.25, -0.2) is 4.98 Å². The molecule has 1 fully saturated rings. The predicted molar refractivity (Wildman–Crippen MR) is 72.0 cm³/mol. The molecule has 0 atom stereocenters. The van der Waals surface area contributed by atoms with E-state index >= 15 is 0 Å². The number of likely N-dealkylation sites (tertiary alicyclic amines) is 1. The van der Waals surface area contributed by atoms with Crippen molar-refractivity contribution in [2.24, 2.45) is 0 Å². The molecule has 0 N–H and O–H groups in total. The van der Waals surface area contributed by atoms with Crippen molar-refractivity contribution >= 4 is 23.2 Å². The molecule has 2 rings (SSSR count). The van der Waals surface area contributed by atoms with Gasteiger partial charge in [0.15, 0.2) is 0 Å². The van der Waals surface area contributed by atoms with Gasteiger partial charge < -0.3 is 9.64 Å². The highest BCUT2D eigenvalue weighted by atomic mass is 32.1. The molecule has 0 saturated carbocycles. The quantitative estimate of drug-likeness (QED) is 0.740. The topological polar surface area (TPSA) is 59.5 Å². The fourth-order valence-corrected chi connectivity index (χ4v) is 2.90. The van der Waals surface area contributed by atoms with Crippen molar-refractivity contribution in [1.29, 1.82) is 0 Å². The number of aryl methyl sites for hydroxylation is 1. The van der Waals surface area contributed by atoms with Gasteiger partial charge in [0.2, 0.25) is 5.91 Å². The molecule has 104 valence electrons. The Morgan fingerprint density at radius 1 is 1.53 bits per heavy atom. The molecule has 0 bridgehead atoms. The zero-order valence-corrected chi connectivity index (χ0v) is 11.9. The van der Waals surface area contributed by atoms with Crippen molar-refractivity contribution in [3.05, 3.63) is 16.1 Å². The number of rotatable bonds is 6. The Morgan fingerprint density at radius 2 is 2.37 bits per heavy atom. The molecule has 0 aliphatic carbocycles. The monoisotopic (exact) mass is 282 g/mol. The predicted octanol–water partition coefficient (Wildman–Crippen LogP) is 1.41. The molecule has 19 heavy (non-hydrogen) atoms. The van der Waals surface area contributed by atoms with Crippen LogP contribution in [0.15, 0.2) is 5.38 Å². The highest BCUT2D eigenvalue weighted by Crippen LogP contribution is 2.15. The van der Waals surface area contributed by atoms with Gasteiger partial charge in [-0.2, -0.15) is 0 Å². The number of aromatic nitrogens is 1. The Bertz CT molecular complexity index is 458. The number of thiazole rings is 1. The van der Waals surface area contributed by atoms with E-state index in [-0.39, 0.29) is 11.9 Å². The second-order valence-electron chi connectivity index (χ2n) is 4.54. The Morgan fingerprint density at radius 3 is 3.05 bits per heavy atom. The molecule has 1 amide bonds. The smallest absolute Gasteiger partial charge is 0.305 e. The molecule has 0 radical (unpaired) electrons. The van der Waals surface area contributed by atoms with Gasteiger partial charge in [0.25, 0.3) is 0 Å². The molecule has 1 aromatic rings. The van der Waals surface area contributed by atoms with Gasteiger partial charge in [0.05, 0.1) is 24.2 Å². The summed E-state index contributed by atoms with van der Waals surface area (Å²) in [5.74, 6) is 0.0414. The second kappa shape index (κ2) is 6.65. The summed E-state index contributed by atoms with van der Waals surface area (Å²) in [6.45, 7) is 1.63. The van der Waals surface area contributed by atoms with Gasteiger partial charge in [0, 0.05) is 37.7 Å². The van der Waals surface area contributed by atoms with Crippen molar-refractivity contribution in [2.75, 3.05) is 20.2 Å². The van der Waals surface area contributed by atoms with Crippen LogP contribution in [0.4, 0.5) is 0 Å². The largest absolute Gasteiger partial charge is 0.469 e. The number of carbonyl (C=O) groups is 2. The lowest BCUT2D eigenvalue weighted by molar-refractivity contribution is -0.140. The van der Waals surface area contributed by atoms with Gasteiger partial charge in [0.1, 0.15) is 0 Å². The lowest BCUT2D eigenvalue weighted by atomic mass is 10.2. The van der Waals surface area contributed by atoms with E-state index in [9.17, 15) is 9.59 Å². The minimum absolute atomic E-state index is 0.211. The molecule has 0 aromatic carbocycles. The first kappa shape index (κ1) is 14.0. The zero-order chi connectivity index (χ0) is 13.7. The minimum Gasteiger partial charge on any atom is -0.469 e. The first-order chi connectivity index (χ1) is 9.19. The van der Waals surface area contributed by atoms with Gasteiger partial charge in [-0.1, -0.05) is 0 Å². The van der Waals surface area contributed by atoms with Crippen LogP contribution in [0.3, 0.4) is 0 Å². The van der Waals surface area contributed by atoms with E-state index in [4.69, 9.17) is 0 Å². The standard InChI is InChI=1S/C13H18N2O3S/c1-18-13(17)5-4-10-9-19-11(14-10)6-8-15-7-2-3-12(15)16/h9H,2-8H2,1H3. The number of nitrogens with zero attached hydrogens (tertiary/aromatic N) is 2. The van der Waals surface area contributed by atoms with Crippen LogP contribution in [0, 0.1) is 0 Å². The molecule has 1 aromatic heterocycles. The first-order valence-corrected chi connectivity index (χ1v) is 7.35. The maximum atomic E-state index is 11.5. The first-order valence-electron chi connectivity index (χ1n) is 6.47. The number of hydrogen-bond acceptors (Lipinski definition) is 5. The number of methoxy groups -OCH3 is 1. The molecule has 1 saturated heterocycles. The fraction of sp³-hybridized carbons (Fsp3) is 0.615. The van der Waals surface area contributed by atoms with Gasteiger partial charge in [-0.3, -0.25) is 9.59 Å². The third-order valence-electron chi connectivity index (χ3n) is 3.18. The van der Waals surface area contributed by atoms with E-state index in [1.54, 1.807) is 11.3 Å². The van der Waals surface area contributed by atoms with Crippen molar-refractivity contribution in [3.8, 4) is 0 Å². The van der Waals surface area contributed by atoms with E-state index in [1.807, 2.05) is 10.3 Å². The van der Waals surface area contributed by atoms with Gasteiger partial charge in [-0.05, 0) is 6.42 Å². The minimum atomic E-state index is -0.211. The van der Waals surface area contributed by atoms with Crippen LogP contribution < -0.4 is 0 Å². The third kappa shape index (κ3) is 4.02. The second-order valence-corrected chi connectivity index (χ2v) is 5.49. The third-order valence-corrected chi connectivity index (χ3v) is 4.14. The molecule has 1 aliphatic heterocycles. The molecular formula is C13H18N2O3S. The summed E-state index contributed by atoms with van der Waals surface area (Å²) in [4.78, 5) is 28.9. The lowest BCUT2D eigenvalue weighted by Gasteiger charge is -2.13. The van der Waals surface area contributed by atoms with Crippen LogP contribution in [-0.2, 0) is 27.2 Å². The van der Waals surface area contributed by atoms with Crippen molar-refractivity contribution in [1.82, 2.24) is 9.88 Å². The number of amides is 1. The zero-order valence-electron chi connectivity index (χ0n) is 11.1. The summed E-state index contributed by atoms with van der Waals surface area (Å²) in [6.07, 6.45) is 3.44. The van der Waals surface area contributed by atoms with Crippen molar-refractivity contribution < 1.29 is 14.3 Å². The summed E-state index contributed by atoms with van der Waals surface area (Å²) < 4.78 is 4.60. The van der Waals surface area contributed by atoms with Crippen LogP contribution in [0.2, 0.25) is 0 Å². The Balaban J connectivity index is 1.77. The summed E-state index contributed by atoms with van der Waals surface area (Å²) in [5.41, 5.74) is 0.929. The average Bonchev–Trinajstić information content (AvgIpc) is 3.02. The maximum Gasteiger partial charge on any atom is 0.305 e. The molecule has 6 heteroatoms. The van der Waals surface area contributed by atoms with E-state index in [0.717, 1.165) is 36.6 Å². The molecular weight excluding hydrogens is 264 g/mol. The van der Waals surface area contributed by atoms with Gasteiger partial charge >= 0.3 is 5.97 Å².